The van der Waals surface area contributed by atoms with Crippen LogP contribution in [0.5, 0.6) is 5.75 Å². The molecule has 0 N–H and O–H groups in total. The molecular formula is C18H17ClN2O3S. The molecular weight excluding hydrogens is 360 g/mol. The van der Waals surface area contributed by atoms with E-state index in [4.69, 9.17) is 16.3 Å². The molecule has 0 spiro atoms. The van der Waals surface area contributed by atoms with Crippen LogP contribution in [0.4, 0.5) is 5.69 Å². The van der Waals surface area contributed by atoms with E-state index in [1.807, 2.05) is 43.3 Å². The molecule has 5 nitrogen and oxygen atoms in total. The number of amides is 1. The van der Waals surface area contributed by atoms with Crippen molar-refractivity contribution in [3.8, 4) is 5.75 Å². The molecule has 25 heavy (non-hydrogen) atoms. The summed E-state index contributed by atoms with van der Waals surface area (Å²) < 4.78 is 7.87. The van der Waals surface area contributed by atoms with Crippen LogP contribution in [-0.4, -0.2) is 23.5 Å². The maximum Gasteiger partial charge on any atom is 0.309 e. The van der Waals surface area contributed by atoms with Crippen molar-refractivity contribution < 1.29 is 9.53 Å². The fourth-order valence-corrected chi connectivity index (χ4v) is 3.81. The number of ether oxygens (including phenoxy) is 1. The number of carbonyl (C=O) groups excluding carboxylic acids is 1. The van der Waals surface area contributed by atoms with Gasteiger partial charge in [0.05, 0.1) is 23.0 Å². The van der Waals surface area contributed by atoms with Gasteiger partial charge in [-0.05, 0) is 30.7 Å². The topological polar surface area (TPSA) is 51.5 Å². The molecule has 0 saturated carbocycles. The van der Waals surface area contributed by atoms with Crippen molar-refractivity contribution in [2.24, 2.45) is 0 Å². The third kappa shape index (κ3) is 3.27. The van der Waals surface area contributed by atoms with Crippen LogP contribution in [0, 0.1) is 6.92 Å². The number of nitrogens with zero attached hydrogens (tertiary/aromatic N) is 2. The molecule has 130 valence electrons. The van der Waals surface area contributed by atoms with Gasteiger partial charge in [0.25, 0.3) is 0 Å². The molecule has 0 aliphatic rings. The number of para-hydroxylation sites is 2. The van der Waals surface area contributed by atoms with Gasteiger partial charge in [0.15, 0.2) is 0 Å². The summed E-state index contributed by atoms with van der Waals surface area (Å²) in [6.45, 7) is 1.97. The van der Waals surface area contributed by atoms with E-state index < -0.39 is 0 Å². The lowest BCUT2D eigenvalue weighted by molar-refractivity contribution is -0.116. The van der Waals surface area contributed by atoms with Gasteiger partial charge in [-0.25, -0.2) is 0 Å². The van der Waals surface area contributed by atoms with Crippen LogP contribution in [0.2, 0.25) is 0 Å². The van der Waals surface area contributed by atoms with Gasteiger partial charge >= 0.3 is 4.87 Å². The minimum absolute atomic E-state index is 0.0790. The highest BCUT2D eigenvalue weighted by molar-refractivity contribution is 7.16. The van der Waals surface area contributed by atoms with E-state index >= 15 is 0 Å². The van der Waals surface area contributed by atoms with E-state index in [9.17, 15) is 9.59 Å². The van der Waals surface area contributed by atoms with Gasteiger partial charge in [0, 0.05) is 0 Å². The first-order valence-corrected chi connectivity index (χ1v) is 9.00. The number of hydrogen-bond donors (Lipinski definition) is 0. The van der Waals surface area contributed by atoms with Crippen LogP contribution in [0.3, 0.4) is 0 Å². The van der Waals surface area contributed by atoms with E-state index in [0.717, 1.165) is 27.1 Å². The van der Waals surface area contributed by atoms with Crippen molar-refractivity contribution in [1.82, 2.24) is 4.57 Å². The molecule has 1 heterocycles. The minimum Gasteiger partial charge on any atom is -0.495 e. The van der Waals surface area contributed by atoms with Gasteiger partial charge in [0.2, 0.25) is 5.91 Å². The Labute approximate surface area is 154 Å². The number of fused-ring (bicyclic) bond motifs is 1. The second-order valence-corrected chi connectivity index (χ2v) is 6.75. The molecule has 0 saturated heterocycles. The summed E-state index contributed by atoms with van der Waals surface area (Å²) in [4.78, 5) is 26.3. The van der Waals surface area contributed by atoms with Gasteiger partial charge in [0.1, 0.15) is 18.3 Å². The lowest BCUT2D eigenvalue weighted by Gasteiger charge is -2.26. The Balaban J connectivity index is 2.14. The van der Waals surface area contributed by atoms with Crippen molar-refractivity contribution in [3.63, 3.8) is 0 Å². The third-order valence-corrected chi connectivity index (χ3v) is 5.15. The maximum atomic E-state index is 12.5. The molecule has 0 fully saturated rings. The van der Waals surface area contributed by atoms with Gasteiger partial charge in [-0.3, -0.25) is 19.1 Å². The lowest BCUT2D eigenvalue weighted by atomic mass is 10.1. The summed E-state index contributed by atoms with van der Waals surface area (Å²) >= 11 is 6.98. The monoisotopic (exact) mass is 376 g/mol. The summed E-state index contributed by atoms with van der Waals surface area (Å²) in [6, 6.07) is 13.0. The highest BCUT2D eigenvalue weighted by Gasteiger charge is 2.22. The average Bonchev–Trinajstić information content (AvgIpc) is 2.94. The van der Waals surface area contributed by atoms with Crippen LogP contribution >= 0.6 is 22.9 Å². The summed E-state index contributed by atoms with van der Waals surface area (Å²) in [7, 11) is 1.55. The van der Waals surface area contributed by atoms with Crippen molar-refractivity contribution in [3.05, 3.63) is 57.7 Å². The normalized spacial score (nSPS) is 10.8. The smallest absolute Gasteiger partial charge is 0.309 e. The van der Waals surface area contributed by atoms with E-state index in [2.05, 4.69) is 0 Å². The molecule has 0 atom stereocenters. The number of methoxy groups -OCH3 is 1. The molecule has 3 aromatic rings. The van der Waals surface area contributed by atoms with Gasteiger partial charge in [-0.1, -0.05) is 35.6 Å². The number of anilines is 1. The summed E-state index contributed by atoms with van der Waals surface area (Å²) in [5.41, 5.74) is 2.28. The van der Waals surface area contributed by atoms with Crippen molar-refractivity contribution in [2.75, 3.05) is 17.9 Å². The maximum absolute atomic E-state index is 12.5. The Morgan fingerprint density at radius 3 is 2.72 bits per heavy atom. The fourth-order valence-electron chi connectivity index (χ4n) is 2.78. The zero-order chi connectivity index (χ0) is 18.0. The Bertz CT molecular complexity index is 980. The molecule has 7 heteroatoms. The lowest BCUT2D eigenvalue weighted by Crippen LogP contribution is -2.37. The van der Waals surface area contributed by atoms with Gasteiger partial charge in [-0.2, -0.15) is 0 Å². The second-order valence-electron chi connectivity index (χ2n) is 5.49. The zero-order valence-electron chi connectivity index (χ0n) is 13.9. The first kappa shape index (κ1) is 17.5. The minimum atomic E-state index is -0.295. The van der Waals surface area contributed by atoms with Crippen molar-refractivity contribution >= 4 is 44.7 Å². The summed E-state index contributed by atoms with van der Waals surface area (Å²) in [6.07, 6.45) is 0. The van der Waals surface area contributed by atoms with Crippen LogP contribution in [0.25, 0.3) is 10.2 Å². The number of alkyl halides is 1. The Hall–Kier alpha value is -2.31. The van der Waals surface area contributed by atoms with Crippen molar-refractivity contribution in [2.45, 2.75) is 13.6 Å². The zero-order valence-corrected chi connectivity index (χ0v) is 15.4. The molecule has 1 amide bonds. The Morgan fingerprint density at radius 2 is 2.00 bits per heavy atom. The highest BCUT2D eigenvalue weighted by atomic mass is 35.5. The van der Waals surface area contributed by atoms with E-state index in [-0.39, 0.29) is 23.3 Å². The number of halogens is 1. The number of benzene rings is 2. The Morgan fingerprint density at radius 1 is 1.24 bits per heavy atom. The van der Waals surface area contributed by atoms with E-state index in [0.29, 0.717) is 11.4 Å². The molecule has 3 rings (SSSR count). The van der Waals surface area contributed by atoms with E-state index in [1.54, 1.807) is 17.7 Å². The fraction of sp³-hybridized carbons (Fsp3) is 0.222. The van der Waals surface area contributed by atoms with Crippen LogP contribution in [-0.2, 0) is 11.5 Å². The van der Waals surface area contributed by atoms with Crippen molar-refractivity contribution in [1.29, 1.82) is 0 Å². The number of aryl methyl sites for hydroxylation is 1. The molecule has 1 aromatic heterocycles. The summed E-state index contributed by atoms with van der Waals surface area (Å²) in [5.74, 6) is 0.0800. The quantitative estimate of drug-likeness (QED) is 0.639. The van der Waals surface area contributed by atoms with Crippen LogP contribution in [0.15, 0.2) is 47.3 Å². The second kappa shape index (κ2) is 7.29. The van der Waals surface area contributed by atoms with Crippen LogP contribution in [0.1, 0.15) is 5.56 Å². The first-order valence-electron chi connectivity index (χ1n) is 7.65. The molecule has 0 radical (unpaired) electrons. The number of hydrogen-bond acceptors (Lipinski definition) is 4. The van der Waals surface area contributed by atoms with E-state index in [1.165, 1.54) is 4.90 Å². The van der Waals surface area contributed by atoms with Gasteiger partial charge < -0.3 is 4.74 Å². The standard InChI is InChI=1S/C18H17ClN2O3S/c1-12-6-5-8-14(24-2)17(12)21(16(22)10-19)11-20-13-7-3-4-9-15(13)25-18(20)23/h3-9H,10-11H2,1-2H3. The highest BCUT2D eigenvalue weighted by Crippen LogP contribution is 2.33. The predicted molar refractivity (Wildman–Crippen MR) is 102 cm³/mol. The molecule has 0 bridgehead atoms. The van der Waals surface area contributed by atoms with Crippen LogP contribution < -0.4 is 14.5 Å². The third-order valence-electron chi connectivity index (χ3n) is 3.96. The molecule has 2 aromatic carbocycles. The first-order chi connectivity index (χ1) is 12.1. The largest absolute Gasteiger partial charge is 0.495 e. The average molecular weight is 377 g/mol. The molecule has 0 aliphatic carbocycles. The number of rotatable bonds is 5. The molecule has 0 unspecified atom stereocenters. The Kier molecular flexibility index (Phi) is 5.11. The molecule has 0 aliphatic heterocycles. The number of thiazole rings is 1. The summed E-state index contributed by atoms with van der Waals surface area (Å²) in [5, 5.41) is 0. The number of carbonyl (C=O) groups is 1. The van der Waals surface area contributed by atoms with Gasteiger partial charge in [-0.15, -0.1) is 11.6 Å². The predicted octanol–water partition coefficient (Wildman–Crippen LogP) is 3.61. The number of aromatic nitrogens is 1. The SMILES string of the molecule is COc1cccc(C)c1N(Cn1c(=O)sc2ccccc21)C(=O)CCl.